The highest BCUT2D eigenvalue weighted by Crippen LogP contribution is 2.28. The number of hydrogen-bond acceptors (Lipinski definition) is 10. The predicted molar refractivity (Wildman–Crippen MR) is 72.0 cm³/mol. The van der Waals surface area contributed by atoms with Crippen LogP contribution in [0.3, 0.4) is 0 Å². The van der Waals surface area contributed by atoms with E-state index in [0.29, 0.717) is 0 Å². The van der Waals surface area contributed by atoms with Crippen molar-refractivity contribution in [3.8, 4) is 0 Å². The van der Waals surface area contributed by atoms with Crippen molar-refractivity contribution in [3.05, 3.63) is 0 Å². The quantitative estimate of drug-likeness (QED) is 0.294. The molecule has 0 aromatic carbocycles. The maximum atomic E-state index is 10.2. The Kier molecular flexibility index (Phi) is 6.68. The average molecular weight is 340 g/mol. The maximum absolute atomic E-state index is 10.2. The standard InChI is InChI=1S/C13H24O10/c1-20-13-10(19)9(18)11(8(4-15)22-13)23-12-6(17)2-5(16)7(3-14)21-12/h5-19H,2-4H2,1H3/t5-,6+,7+,8+,9+,10+,11+,12+,13+/m0/s1. The monoisotopic (exact) mass is 340 g/mol. The molecule has 2 aliphatic rings. The molecule has 2 fully saturated rings. The zero-order valence-corrected chi connectivity index (χ0v) is 12.6. The highest BCUT2D eigenvalue weighted by Gasteiger charge is 2.48. The molecule has 0 aliphatic carbocycles. The van der Waals surface area contributed by atoms with Gasteiger partial charge in [-0.05, 0) is 0 Å². The summed E-state index contributed by atoms with van der Waals surface area (Å²) in [5.41, 5.74) is 0. The summed E-state index contributed by atoms with van der Waals surface area (Å²) in [6, 6.07) is 0. The van der Waals surface area contributed by atoms with Crippen molar-refractivity contribution < 1.29 is 49.6 Å². The van der Waals surface area contributed by atoms with E-state index in [1.165, 1.54) is 7.11 Å². The van der Waals surface area contributed by atoms with Crippen LogP contribution in [-0.2, 0) is 18.9 Å². The Bertz CT molecular complexity index is 367. The molecule has 0 unspecified atom stereocenters. The molecular weight excluding hydrogens is 316 g/mol. The molecule has 0 amide bonds. The second-order valence-corrected chi connectivity index (χ2v) is 5.64. The Balaban J connectivity index is 2.07. The molecule has 0 radical (unpaired) electrons. The minimum Gasteiger partial charge on any atom is -0.394 e. The smallest absolute Gasteiger partial charge is 0.186 e. The lowest BCUT2D eigenvalue weighted by atomic mass is 9.98. The van der Waals surface area contributed by atoms with Crippen LogP contribution in [0.1, 0.15) is 6.42 Å². The van der Waals surface area contributed by atoms with Gasteiger partial charge in [0.15, 0.2) is 12.6 Å². The van der Waals surface area contributed by atoms with Gasteiger partial charge in [-0.1, -0.05) is 0 Å². The molecule has 2 saturated heterocycles. The molecule has 2 aliphatic heterocycles. The molecule has 0 bridgehead atoms. The van der Waals surface area contributed by atoms with E-state index in [4.69, 9.17) is 24.1 Å². The number of aliphatic hydroxyl groups excluding tert-OH is 6. The topological polar surface area (TPSA) is 158 Å². The minimum absolute atomic E-state index is 0.0907. The van der Waals surface area contributed by atoms with Gasteiger partial charge in [-0.25, -0.2) is 0 Å². The number of rotatable bonds is 5. The van der Waals surface area contributed by atoms with Gasteiger partial charge in [0.2, 0.25) is 0 Å². The molecule has 2 heterocycles. The first-order valence-electron chi connectivity index (χ1n) is 7.36. The third-order valence-corrected chi connectivity index (χ3v) is 4.06. The summed E-state index contributed by atoms with van der Waals surface area (Å²) in [4.78, 5) is 0. The highest BCUT2D eigenvalue weighted by molar-refractivity contribution is 4.91. The van der Waals surface area contributed by atoms with Gasteiger partial charge in [0.05, 0.1) is 19.3 Å². The lowest BCUT2D eigenvalue weighted by Crippen LogP contribution is -2.62. The van der Waals surface area contributed by atoms with Crippen LogP contribution in [0, 0.1) is 0 Å². The predicted octanol–water partition coefficient (Wildman–Crippen LogP) is -3.71. The maximum Gasteiger partial charge on any atom is 0.186 e. The third kappa shape index (κ3) is 3.99. The molecule has 136 valence electrons. The first kappa shape index (κ1) is 18.9. The van der Waals surface area contributed by atoms with E-state index in [1.807, 2.05) is 0 Å². The molecule has 0 aromatic heterocycles. The molecule has 2 rings (SSSR count). The van der Waals surface area contributed by atoms with Gasteiger partial charge in [0.25, 0.3) is 0 Å². The third-order valence-electron chi connectivity index (χ3n) is 4.06. The average Bonchev–Trinajstić information content (AvgIpc) is 2.54. The SMILES string of the molecule is CO[C@@H]1O[C@H](CO)[C@@H](O[C@H]2O[C@H](CO)[C@@H](O)C[C@H]2O)[C@H](O)[C@H]1O. The zero-order valence-electron chi connectivity index (χ0n) is 12.6. The van der Waals surface area contributed by atoms with Crippen molar-refractivity contribution in [1.29, 1.82) is 0 Å². The molecule has 0 spiro atoms. The van der Waals surface area contributed by atoms with Crippen LogP contribution in [0.2, 0.25) is 0 Å². The van der Waals surface area contributed by atoms with Gasteiger partial charge in [0.1, 0.15) is 36.6 Å². The lowest BCUT2D eigenvalue weighted by Gasteiger charge is -2.44. The zero-order chi connectivity index (χ0) is 17.1. The van der Waals surface area contributed by atoms with Crippen LogP contribution in [0.4, 0.5) is 0 Å². The summed E-state index contributed by atoms with van der Waals surface area (Å²) in [5, 5.41) is 58.2. The Morgan fingerprint density at radius 2 is 1.48 bits per heavy atom. The first-order valence-corrected chi connectivity index (χ1v) is 7.36. The van der Waals surface area contributed by atoms with Crippen LogP contribution in [-0.4, -0.2) is 106 Å². The van der Waals surface area contributed by atoms with Gasteiger partial charge in [-0.2, -0.15) is 0 Å². The van der Waals surface area contributed by atoms with Crippen molar-refractivity contribution in [2.75, 3.05) is 20.3 Å². The summed E-state index contributed by atoms with van der Waals surface area (Å²) in [6.07, 6.45) is -10.8. The van der Waals surface area contributed by atoms with Gasteiger partial charge < -0.3 is 49.6 Å². The fraction of sp³-hybridized carbons (Fsp3) is 1.00. The van der Waals surface area contributed by atoms with Crippen molar-refractivity contribution in [2.24, 2.45) is 0 Å². The molecular formula is C13H24O10. The van der Waals surface area contributed by atoms with Crippen LogP contribution in [0.5, 0.6) is 0 Å². The van der Waals surface area contributed by atoms with Gasteiger partial charge >= 0.3 is 0 Å². The van der Waals surface area contributed by atoms with Gasteiger partial charge in [0, 0.05) is 13.5 Å². The van der Waals surface area contributed by atoms with Crippen molar-refractivity contribution in [3.63, 3.8) is 0 Å². The van der Waals surface area contributed by atoms with E-state index in [0.717, 1.165) is 0 Å². The number of aliphatic hydroxyl groups is 6. The van der Waals surface area contributed by atoms with E-state index in [2.05, 4.69) is 0 Å². The molecule has 0 saturated carbocycles. The van der Waals surface area contributed by atoms with Crippen molar-refractivity contribution >= 4 is 0 Å². The van der Waals surface area contributed by atoms with Gasteiger partial charge in [-0.15, -0.1) is 0 Å². The number of methoxy groups -OCH3 is 1. The van der Waals surface area contributed by atoms with E-state index in [1.54, 1.807) is 0 Å². The number of hydrogen-bond donors (Lipinski definition) is 6. The second-order valence-electron chi connectivity index (χ2n) is 5.64. The van der Waals surface area contributed by atoms with E-state index < -0.39 is 68.5 Å². The van der Waals surface area contributed by atoms with E-state index in [9.17, 15) is 25.5 Å². The van der Waals surface area contributed by atoms with Crippen LogP contribution >= 0.6 is 0 Å². The summed E-state index contributed by atoms with van der Waals surface area (Å²) in [6.45, 7) is -1.00. The van der Waals surface area contributed by atoms with Crippen LogP contribution < -0.4 is 0 Å². The molecule has 9 atom stereocenters. The van der Waals surface area contributed by atoms with Crippen molar-refractivity contribution in [1.82, 2.24) is 0 Å². The summed E-state index contributed by atoms with van der Waals surface area (Å²) >= 11 is 0. The minimum atomic E-state index is -1.46. The van der Waals surface area contributed by atoms with Crippen molar-refractivity contribution in [2.45, 2.75) is 61.7 Å². The largest absolute Gasteiger partial charge is 0.394 e. The van der Waals surface area contributed by atoms with Gasteiger partial charge in [-0.3, -0.25) is 0 Å². The summed E-state index contributed by atoms with van der Waals surface area (Å²) < 4.78 is 20.9. The molecule has 6 N–H and O–H groups in total. The Morgan fingerprint density at radius 3 is 2.04 bits per heavy atom. The Hall–Kier alpha value is -0.400. The lowest BCUT2D eigenvalue weighted by molar-refractivity contribution is -0.346. The Labute approximate surface area is 132 Å². The second kappa shape index (κ2) is 8.12. The van der Waals surface area contributed by atoms with E-state index >= 15 is 0 Å². The summed E-state index contributed by atoms with van der Waals surface area (Å²) in [7, 11) is 1.28. The first-order chi connectivity index (χ1) is 10.9. The number of ether oxygens (including phenoxy) is 4. The normalized spacial score (nSPS) is 48.4. The fourth-order valence-corrected chi connectivity index (χ4v) is 2.72. The molecule has 10 nitrogen and oxygen atoms in total. The van der Waals surface area contributed by atoms with Crippen LogP contribution in [0.25, 0.3) is 0 Å². The van der Waals surface area contributed by atoms with E-state index in [-0.39, 0.29) is 6.42 Å². The fourth-order valence-electron chi connectivity index (χ4n) is 2.72. The Morgan fingerprint density at radius 1 is 0.870 bits per heavy atom. The highest BCUT2D eigenvalue weighted by atomic mass is 16.7. The molecule has 0 aromatic rings. The molecule has 10 heteroatoms. The van der Waals surface area contributed by atoms with Crippen LogP contribution in [0.15, 0.2) is 0 Å². The summed E-state index contributed by atoms with van der Waals surface area (Å²) in [5.74, 6) is 0. The molecule has 23 heavy (non-hydrogen) atoms.